The van der Waals surface area contributed by atoms with Gasteiger partial charge in [-0.1, -0.05) is 30.3 Å². The molecule has 0 radical (unpaired) electrons. The predicted octanol–water partition coefficient (Wildman–Crippen LogP) is 1.94. The highest BCUT2D eigenvalue weighted by Gasteiger charge is 2.13. The third-order valence-corrected chi connectivity index (χ3v) is 5.04. The molecule has 0 spiro atoms. The summed E-state index contributed by atoms with van der Waals surface area (Å²) in [4.78, 5) is 12.3. The quantitative estimate of drug-likeness (QED) is 0.677. The Balaban J connectivity index is 1.61. The maximum atomic E-state index is 12.3. The Morgan fingerprint density at radius 1 is 1.15 bits per heavy atom. The Morgan fingerprint density at radius 3 is 2.44 bits per heavy atom. The largest absolute Gasteiger partial charge is 0.349 e. The van der Waals surface area contributed by atoms with E-state index in [1.54, 1.807) is 23.0 Å². The number of carbonyl (C=O) groups excluding carboxylic acids is 1. The fourth-order valence-electron chi connectivity index (χ4n) is 2.68. The zero-order valence-corrected chi connectivity index (χ0v) is 15.6. The number of nitrogens with one attached hydrogen (secondary N) is 1. The van der Waals surface area contributed by atoms with Crippen LogP contribution in [0, 0.1) is 0 Å². The molecule has 2 aromatic carbocycles. The molecule has 1 amide bonds. The first-order valence-corrected chi connectivity index (χ1v) is 9.88. The number of benzene rings is 2. The highest BCUT2D eigenvalue weighted by Crippen LogP contribution is 2.16. The summed E-state index contributed by atoms with van der Waals surface area (Å²) in [6.45, 7) is 1.83. The molecule has 0 saturated carbocycles. The molecule has 0 unspecified atom stereocenters. The van der Waals surface area contributed by atoms with Gasteiger partial charge in [-0.2, -0.15) is 5.10 Å². The smallest absolute Gasteiger partial charge is 0.238 e. The maximum absolute atomic E-state index is 12.3. The van der Waals surface area contributed by atoms with Gasteiger partial charge in [-0.15, -0.1) is 0 Å². The minimum atomic E-state index is -3.73. The summed E-state index contributed by atoms with van der Waals surface area (Å²) in [6, 6.07) is 15.5. The summed E-state index contributed by atoms with van der Waals surface area (Å²) in [6.07, 6.45) is 3.69. The van der Waals surface area contributed by atoms with Crippen LogP contribution >= 0.6 is 0 Å². The van der Waals surface area contributed by atoms with Gasteiger partial charge >= 0.3 is 0 Å². The zero-order chi connectivity index (χ0) is 19.4. The Hall–Kier alpha value is -2.97. The van der Waals surface area contributed by atoms with Crippen molar-refractivity contribution in [1.82, 2.24) is 15.1 Å². The fraction of sp³-hybridized carbons (Fsp3) is 0.158. The van der Waals surface area contributed by atoms with E-state index in [9.17, 15) is 13.2 Å². The summed E-state index contributed by atoms with van der Waals surface area (Å²) < 4.78 is 24.3. The van der Waals surface area contributed by atoms with Gasteiger partial charge in [0.05, 0.1) is 29.2 Å². The number of carbonyl (C=O) groups is 1. The molecule has 0 saturated heterocycles. The Morgan fingerprint density at radius 2 is 1.81 bits per heavy atom. The highest BCUT2D eigenvalue weighted by molar-refractivity contribution is 7.89. The first kappa shape index (κ1) is 18.8. The van der Waals surface area contributed by atoms with Crippen molar-refractivity contribution in [3.8, 4) is 5.69 Å². The van der Waals surface area contributed by atoms with Crippen molar-refractivity contribution in [3.63, 3.8) is 0 Å². The summed E-state index contributed by atoms with van der Waals surface area (Å²) in [5.41, 5.74) is 2.51. The van der Waals surface area contributed by atoms with E-state index in [0.717, 1.165) is 16.8 Å². The number of para-hydroxylation sites is 1. The zero-order valence-electron chi connectivity index (χ0n) is 14.7. The van der Waals surface area contributed by atoms with Gasteiger partial charge in [-0.05, 0) is 42.3 Å². The van der Waals surface area contributed by atoms with Crippen LogP contribution < -0.4 is 10.5 Å². The van der Waals surface area contributed by atoms with Crippen LogP contribution in [0.25, 0.3) is 5.69 Å². The van der Waals surface area contributed by atoms with Gasteiger partial charge in [-0.25, -0.2) is 18.2 Å². The molecule has 3 N–H and O–H groups in total. The standard InChI is InChI=1S/C19H20N4O3S/c1-14(16-7-9-18(10-8-16)27(20,25)26)22-19(24)11-15-12-21-23(13-15)17-5-3-2-4-6-17/h2-10,12-14H,11H2,1H3,(H,22,24)(H2,20,25,26)/t14-/m0/s1. The first-order chi connectivity index (χ1) is 12.8. The molecule has 7 nitrogen and oxygen atoms in total. The normalized spacial score (nSPS) is 12.5. The summed E-state index contributed by atoms with van der Waals surface area (Å²) >= 11 is 0. The van der Waals surface area contributed by atoms with Crippen molar-refractivity contribution in [2.45, 2.75) is 24.3 Å². The van der Waals surface area contributed by atoms with Crippen LogP contribution in [0.4, 0.5) is 0 Å². The van der Waals surface area contributed by atoms with Gasteiger partial charge in [0.25, 0.3) is 0 Å². The molecule has 0 aliphatic carbocycles. The minimum absolute atomic E-state index is 0.0399. The van der Waals surface area contributed by atoms with Crippen molar-refractivity contribution in [3.05, 3.63) is 78.1 Å². The molecule has 8 heteroatoms. The molecule has 0 aliphatic heterocycles. The van der Waals surface area contributed by atoms with Crippen molar-refractivity contribution in [2.24, 2.45) is 5.14 Å². The summed E-state index contributed by atoms with van der Waals surface area (Å²) in [7, 11) is -3.73. The molecule has 1 aromatic heterocycles. The topological polar surface area (TPSA) is 107 Å². The van der Waals surface area contributed by atoms with E-state index in [0.29, 0.717) is 0 Å². The van der Waals surface area contributed by atoms with E-state index in [1.807, 2.05) is 43.5 Å². The van der Waals surface area contributed by atoms with Crippen LogP contribution in [0.5, 0.6) is 0 Å². The van der Waals surface area contributed by atoms with Gasteiger partial charge in [0.15, 0.2) is 0 Å². The molecule has 3 rings (SSSR count). The van der Waals surface area contributed by atoms with Gasteiger partial charge in [-0.3, -0.25) is 4.79 Å². The average molecular weight is 384 g/mol. The summed E-state index contributed by atoms with van der Waals surface area (Å²) in [5, 5.41) is 12.3. The second-order valence-corrected chi connectivity index (χ2v) is 7.77. The number of hydrogen-bond donors (Lipinski definition) is 2. The van der Waals surface area contributed by atoms with Crippen LogP contribution in [0.3, 0.4) is 0 Å². The van der Waals surface area contributed by atoms with Crippen molar-refractivity contribution >= 4 is 15.9 Å². The monoisotopic (exact) mass is 384 g/mol. The third-order valence-electron chi connectivity index (χ3n) is 4.11. The molecule has 0 aliphatic rings. The number of primary sulfonamides is 1. The Kier molecular flexibility index (Phi) is 5.38. The van der Waals surface area contributed by atoms with E-state index in [1.165, 1.54) is 12.1 Å². The Labute approximate surface area is 157 Å². The molecule has 140 valence electrons. The average Bonchev–Trinajstić information content (AvgIpc) is 3.10. The van der Waals surface area contributed by atoms with Crippen LogP contribution in [0.2, 0.25) is 0 Å². The van der Waals surface area contributed by atoms with E-state index >= 15 is 0 Å². The minimum Gasteiger partial charge on any atom is -0.349 e. The molecular formula is C19H20N4O3S. The lowest BCUT2D eigenvalue weighted by molar-refractivity contribution is -0.121. The van der Waals surface area contributed by atoms with E-state index < -0.39 is 10.0 Å². The number of nitrogens with two attached hydrogens (primary N) is 1. The van der Waals surface area contributed by atoms with Crippen LogP contribution in [0.1, 0.15) is 24.1 Å². The Bertz CT molecular complexity index is 1030. The lowest BCUT2D eigenvalue weighted by Gasteiger charge is -2.14. The van der Waals surface area contributed by atoms with Gasteiger partial charge < -0.3 is 5.32 Å². The van der Waals surface area contributed by atoms with Crippen LogP contribution in [-0.2, 0) is 21.2 Å². The molecule has 1 atom stereocenters. The van der Waals surface area contributed by atoms with Gasteiger partial charge in [0.2, 0.25) is 15.9 Å². The number of amides is 1. The number of sulfonamides is 1. The summed E-state index contributed by atoms with van der Waals surface area (Å²) in [5.74, 6) is -0.148. The molecule has 0 bridgehead atoms. The second kappa shape index (κ2) is 7.73. The number of nitrogens with zero attached hydrogens (tertiary/aromatic N) is 2. The molecule has 0 fully saturated rings. The predicted molar refractivity (Wildman–Crippen MR) is 102 cm³/mol. The van der Waals surface area contributed by atoms with Gasteiger partial charge in [0, 0.05) is 6.20 Å². The fourth-order valence-corrected chi connectivity index (χ4v) is 3.20. The lowest BCUT2D eigenvalue weighted by Crippen LogP contribution is -2.28. The molecular weight excluding hydrogens is 364 g/mol. The third kappa shape index (κ3) is 4.81. The van der Waals surface area contributed by atoms with E-state index in [2.05, 4.69) is 10.4 Å². The number of aromatic nitrogens is 2. The van der Waals surface area contributed by atoms with E-state index in [4.69, 9.17) is 5.14 Å². The van der Waals surface area contributed by atoms with Gasteiger partial charge in [0.1, 0.15) is 0 Å². The SMILES string of the molecule is C[C@H](NC(=O)Cc1cnn(-c2ccccc2)c1)c1ccc(S(N)(=O)=O)cc1. The number of hydrogen-bond acceptors (Lipinski definition) is 4. The highest BCUT2D eigenvalue weighted by atomic mass is 32.2. The van der Waals surface area contributed by atoms with Crippen molar-refractivity contribution in [1.29, 1.82) is 0 Å². The molecule has 3 aromatic rings. The van der Waals surface area contributed by atoms with Crippen molar-refractivity contribution < 1.29 is 13.2 Å². The first-order valence-electron chi connectivity index (χ1n) is 8.34. The van der Waals surface area contributed by atoms with E-state index in [-0.39, 0.29) is 23.3 Å². The maximum Gasteiger partial charge on any atom is 0.238 e. The van der Waals surface area contributed by atoms with Crippen LogP contribution in [-0.4, -0.2) is 24.1 Å². The molecule has 1 heterocycles. The second-order valence-electron chi connectivity index (χ2n) is 6.21. The van der Waals surface area contributed by atoms with Crippen LogP contribution in [0.15, 0.2) is 71.9 Å². The molecule has 27 heavy (non-hydrogen) atoms. The van der Waals surface area contributed by atoms with Crippen molar-refractivity contribution in [2.75, 3.05) is 0 Å². The lowest BCUT2D eigenvalue weighted by atomic mass is 10.1. The number of rotatable bonds is 6.